The van der Waals surface area contributed by atoms with Crippen molar-refractivity contribution >= 4 is 23.5 Å². The maximum atomic E-state index is 15.2. The van der Waals surface area contributed by atoms with Crippen molar-refractivity contribution in [1.82, 2.24) is 25.5 Å². The summed E-state index contributed by atoms with van der Waals surface area (Å²) in [6.45, 7) is 2.28. The number of rotatable bonds is 8. The van der Waals surface area contributed by atoms with Crippen LogP contribution in [0.5, 0.6) is 17.4 Å². The second kappa shape index (κ2) is 12.2. The molecule has 44 heavy (non-hydrogen) atoms. The summed E-state index contributed by atoms with van der Waals surface area (Å²) >= 11 is 0. The Balaban J connectivity index is 1.38. The number of benzene rings is 2. The van der Waals surface area contributed by atoms with Gasteiger partial charge in [-0.2, -0.15) is 18.2 Å². The highest BCUT2D eigenvalue weighted by atomic mass is 19.4. The highest BCUT2D eigenvalue weighted by Crippen LogP contribution is 2.41. The lowest BCUT2D eigenvalue weighted by Gasteiger charge is -2.20. The van der Waals surface area contributed by atoms with Crippen LogP contribution >= 0.6 is 0 Å². The first-order valence-electron chi connectivity index (χ1n) is 13.6. The fourth-order valence-electron chi connectivity index (χ4n) is 5.34. The Morgan fingerprint density at radius 2 is 1.91 bits per heavy atom. The zero-order valence-electron chi connectivity index (χ0n) is 24.0. The number of hydrogen-bond acceptors (Lipinski definition) is 9. The Morgan fingerprint density at radius 3 is 2.59 bits per heavy atom. The number of halogens is 4. The number of methoxy groups -OCH3 is 1. The lowest BCUT2D eigenvalue weighted by Crippen LogP contribution is -2.35. The van der Waals surface area contributed by atoms with Crippen LogP contribution < -0.4 is 25.4 Å². The number of nitrogens with zero attached hydrogens (tertiary/aromatic N) is 3. The zero-order valence-corrected chi connectivity index (χ0v) is 24.0. The van der Waals surface area contributed by atoms with Crippen LogP contribution in [0.2, 0.25) is 0 Å². The molecule has 0 radical (unpaired) electrons. The van der Waals surface area contributed by atoms with Crippen LogP contribution in [0.25, 0.3) is 0 Å². The molecular formula is C29H30F4N6O5. The second-order valence-electron chi connectivity index (χ2n) is 10.7. The van der Waals surface area contributed by atoms with Gasteiger partial charge in [0.2, 0.25) is 11.8 Å². The molecule has 0 aliphatic carbocycles. The normalized spacial score (nSPS) is 20.0. The van der Waals surface area contributed by atoms with Gasteiger partial charge in [0.1, 0.15) is 29.1 Å². The number of anilines is 2. The first-order valence-corrected chi connectivity index (χ1v) is 13.6. The van der Waals surface area contributed by atoms with Gasteiger partial charge in [0.25, 0.3) is 11.8 Å². The fourth-order valence-corrected chi connectivity index (χ4v) is 5.34. The van der Waals surface area contributed by atoms with Crippen LogP contribution in [-0.4, -0.2) is 73.8 Å². The van der Waals surface area contributed by atoms with E-state index >= 15 is 4.39 Å². The SMILES string of the molecule is CNC(=O)c1ccccc1Oc1nc(Nc2cc(F)c(C(=O)NC3CC4(CCN(C)C4)CO3)cc2OC)ncc1C(F)(F)F. The van der Waals surface area contributed by atoms with Gasteiger partial charge < -0.3 is 35.1 Å². The minimum absolute atomic E-state index is 0.00583. The monoisotopic (exact) mass is 618 g/mol. The Bertz CT molecular complexity index is 1570. The Kier molecular flexibility index (Phi) is 8.61. The van der Waals surface area contributed by atoms with Gasteiger partial charge >= 0.3 is 6.18 Å². The number of nitrogens with one attached hydrogen (secondary N) is 3. The van der Waals surface area contributed by atoms with Crippen LogP contribution in [0.1, 0.15) is 39.1 Å². The minimum atomic E-state index is -4.90. The molecule has 0 saturated carbocycles. The minimum Gasteiger partial charge on any atom is -0.495 e. The Labute approximate surface area is 249 Å². The van der Waals surface area contributed by atoms with Gasteiger partial charge in [-0.05, 0) is 38.2 Å². The summed E-state index contributed by atoms with van der Waals surface area (Å²) in [5, 5.41) is 7.72. The van der Waals surface area contributed by atoms with Gasteiger partial charge in [-0.15, -0.1) is 0 Å². The quantitative estimate of drug-likeness (QED) is 0.316. The Morgan fingerprint density at radius 1 is 1.14 bits per heavy atom. The Hall–Kier alpha value is -4.50. The first kappa shape index (κ1) is 30.9. The predicted octanol–water partition coefficient (Wildman–Crippen LogP) is 4.34. The third-order valence-corrected chi connectivity index (χ3v) is 7.54. The molecule has 3 aromatic rings. The first-order chi connectivity index (χ1) is 20.9. The molecule has 2 unspecified atom stereocenters. The van der Waals surface area contributed by atoms with E-state index in [1.165, 1.54) is 38.4 Å². The fraction of sp³-hybridized carbons (Fsp3) is 0.379. The molecule has 2 aromatic carbocycles. The largest absolute Gasteiger partial charge is 0.495 e. The van der Waals surface area contributed by atoms with Crippen LogP contribution in [0.15, 0.2) is 42.6 Å². The third kappa shape index (κ3) is 6.53. The summed E-state index contributed by atoms with van der Waals surface area (Å²) in [6.07, 6.45) is -3.44. The zero-order chi connectivity index (χ0) is 31.6. The molecule has 2 fully saturated rings. The van der Waals surface area contributed by atoms with Crippen molar-refractivity contribution in [3.63, 3.8) is 0 Å². The average molecular weight is 619 g/mol. The number of para-hydroxylation sites is 1. The van der Waals surface area contributed by atoms with E-state index < -0.39 is 47.4 Å². The number of alkyl halides is 3. The molecule has 0 bridgehead atoms. The van der Waals surface area contributed by atoms with E-state index in [-0.39, 0.29) is 33.7 Å². The molecule has 2 atom stereocenters. The van der Waals surface area contributed by atoms with Crippen molar-refractivity contribution in [2.24, 2.45) is 5.41 Å². The van der Waals surface area contributed by atoms with Gasteiger partial charge in [-0.1, -0.05) is 12.1 Å². The highest BCUT2D eigenvalue weighted by Gasteiger charge is 2.44. The molecule has 2 amide bonds. The molecule has 11 nitrogen and oxygen atoms in total. The summed E-state index contributed by atoms with van der Waals surface area (Å²) in [4.78, 5) is 35.0. The van der Waals surface area contributed by atoms with E-state index in [1.54, 1.807) is 0 Å². The third-order valence-electron chi connectivity index (χ3n) is 7.54. The van der Waals surface area contributed by atoms with Gasteiger partial charge in [0.05, 0.1) is 30.5 Å². The molecule has 2 aliphatic heterocycles. The summed E-state index contributed by atoms with van der Waals surface area (Å²) in [6, 6.07) is 7.78. The summed E-state index contributed by atoms with van der Waals surface area (Å²) in [5.41, 5.74) is -1.76. The summed E-state index contributed by atoms with van der Waals surface area (Å²) < 4.78 is 73.2. The molecule has 2 saturated heterocycles. The lowest BCUT2D eigenvalue weighted by molar-refractivity contribution is -0.139. The van der Waals surface area contributed by atoms with Crippen molar-refractivity contribution in [2.75, 3.05) is 46.2 Å². The molecule has 234 valence electrons. The van der Waals surface area contributed by atoms with Crippen LogP contribution in [0.3, 0.4) is 0 Å². The van der Waals surface area contributed by atoms with Crippen molar-refractivity contribution in [1.29, 1.82) is 0 Å². The predicted molar refractivity (Wildman–Crippen MR) is 150 cm³/mol. The molecule has 1 spiro atoms. The van der Waals surface area contributed by atoms with E-state index in [0.717, 1.165) is 31.6 Å². The maximum absolute atomic E-state index is 15.2. The lowest BCUT2D eigenvalue weighted by atomic mass is 9.86. The number of carbonyl (C=O) groups is 2. The molecule has 15 heteroatoms. The molecular weight excluding hydrogens is 588 g/mol. The van der Waals surface area contributed by atoms with Crippen molar-refractivity contribution in [3.8, 4) is 17.4 Å². The van der Waals surface area contributed by atoms with Crippen molar-refractivity contribution in [3.05, 3.63) is 65.1 Å². The number of carbonyl (C=O) groups excluding carboxylic acids is 2. The summed E-state index contributed by atoms with van der Waals surface area (Å²) in [7, 11) is 4.66. The average Bonchev–Trinajstić information content (AvgIpc) is 3.55. The van der Waals surface area contributed by atoms with Crippen LogP contribution in [0, 0.1) is 11.2 Å². The van der Waals surface area contributed by atoms with E-state index in [1.807, 2.05) is 7.05 Å². The van der Waals surface area contributed by atoms with Gasteiger partial charge in [-0.25, -0.2) is 9.37 Å². The number of amides is 2. The van der Waals surface area contributed by atoms with E-state index in [0.29, 0.717) is 19.2 Å². The van der Waals surface area contributed by atoms with E-state index in [9.17, 15) is 22.8 Å². The van der Waals surface area contributed by atoms with Crippen molar-refractivity contribution in [2.45, 2.75) is 25.2 Å². The number of hydrogen-bond donors (Lipinski definition) is 3. The standard InChI is InChI=1S/C29H30F4N6O5/c1-34-24(40)16-6-4-5-7-21(16)44-26-18(29(31,32)33)13-35-27(38-26)36-20-11-19(30)17(10-22(20)42-3)25(41)37-23-12-28(15-43-23)8-9-39(2)14-28/h4-7,10-11,13,23H,8-9,12,14-15H2,1-3H3,(H,34,40)(H,37,41)(H,35,36,38). The second-order valence-corrected chi connectivity index (χ2v) is 10.7. The van der Waals surface area contributed by atoms with Crippen LogP contribution in [-0.2, 0) is 10.9 Å². The molecule has 2 aliphatic rings. The van der Waals surface area contributed by atoms with Crippen molar-refractivity contribution < 1.29 is 41.4 Å². The molecule has 3 heterocycles. The molecule has 3 N–H and O–H groups in total. The molecule has 5 rings (SSSR count). The topological polar surface area (TPSA) is 127 Å². The summed E-state index contributed by atoms with van der Waals surface area (Å²) in [5.74, 6) is -3.71. The number of likely N-dealkylation sites (tertiary alicyclic amines) is 1. The van der Waals surface area contributed by atoms with Gasteiger partial charge in [0.15, 0.2) is 0 Å². The van der Waals surface area contributed by atoms with Gasteiger partial charge in [-0.3, -0.25) is 9.59 Å². The number of ether oxygens (including phenoxy) is 3. The highest BCUT2D eigenvalue weighted by molar-refractivity contribution is 5.97. The smallest absolute Gasteiger partial charge is 0.423 e. The maximum Gasteiger partial charge on any atom is 0.423 e. The molecule has 1 aromatic heterocycles. The van der Waals surface area contributed by atoms with Crippen LogP contribution in [0.4, 0.5) is 29.2 Å². The van der Waals surface area contributed by atoms with E-state index in [4.69, 9.17) is 14.2 Å². The van der Waals surface area contributed by atoms with E-state index in [2.05, 4.69) is 30.8 Å². The number of aromatic nitrogens is 2. The van der Waals surface area contributed by atoms with Gasteiger partial charge in [0, 0.05) is 37.7 Å².